The first-order chi connectivity index (χ1) is 6.61. The zero-order chi connectivity index (χ0) is 10.6. The summed E-state index contributed by atoms with van der Waals surface area (Å²) in [5.74, 6) is 0.626. The van der Waals surface area contributed by atoms with Gasteiger partial charge in [-0.1, -0.05) is 18.7 Å². The Morgan fingerprint density at radius 1 is 1.43 bits per heavy atom. The van der Waals surface area contributed by atoms with Gasteiger partial charge in [0.05, 0.1) is 0 Å². The van der Waals surface area contributed by atoms with Crippen molar-refractivity contribution in [2.24, 2.45) is 0 Å². The number of thioether (sulfide) groups is 1. The van der Waals surface area contributed by atoms with E-state index in [-0.39, 0.29) is 0 Å². The molecule has 2 atom stereocenters. The average Bonchev–Trinajstić information content (AvgIpc) is 2.50. The maximum absolute atomic E-state index is 5.29. The van der Waals surface area contributed by atoms with E-state index in [1.165, 1.54) is 0 Å². The molecule has 4 nitrogen and oxygen atoms in total. The second-order valence-corrected chi connectivity index (χ2v) is 4.83. The van der Waals surface area contributed by atoms with Gasteiger partial charge in [0, 0.05) is 18.2 Å². The summed E-state index contributed by atoms with van der Waals surface area (Å²) >= 11 is 1.63. The van der Waals surface area contributed by atoms with E-state index in [0.29, 0.717) is 22.4 Å². The molecule has 0 bridgehead atoms. The molecule has 5 heteroatoms. The number of aromatic nitrogens is 2. The lowest BCUT2D eigenvalue weighted by Crippen LogP contribution is -2.24. The van der Waals surface area contributed by atoms with Crippen molar-refractivity contribution in [3.05, 3.63) is 5.89 Å². The highest BCUT2D eigenvalue weighted by Crippen LogP contribution is 2.24. The molecule has 1 heterocycles. The standard InChI is InChI=1S/C9H17N3OS/c1-6(10-4)5-7(2)14-9-12-11-8(3)13-9/h6-7,10H,5H2,1-4H3. The molecule has 0 aliphatic carbocycles. The minimum Gasteiger partial charge on any atom is -0.416 e. The van der Waals surface area contributed by atoms with Crippen LogP contribution in [0.4, 0.5) is 0 Å². The van der Waals surface area contributed by atoms with E-state index < -0.39 is 0 Å². The maximum Gasteiger partial charge on any atom is 0.276 e. The van der Waals surface area contributed by atoms with Crippen LogP contribution < -0.4 is 5.32 Å². The van der Waals surface area contributed by atoms with Gasteiger partial charge in [0.25, 0.3) is 5.22 Å². The molecule has 80 valence electrons. The van der Waals surface area contributed by atoms with Crippen LogP contribution in [0.2, 0.25) is 0 Å². The number of nitrogens with zero attached hydrogens (tertiary/aromatic N) is 2. The van der Waals surface area contributed by atoms with Gasteiger partial charge in [-0.15, -0.1) is 10.2 Å². The smallest absolute Gasteiger partial charge is 0.276 e. The molecule has 0 amide bonds. The van der Waals surface area contributed by atoms with Crippen LogP contribution >= 0.6 is 11.8 Å². The third-order valence-electron chi connectivity index (χ3n) is 1.99. The Morgan fingerprint density at radius 3 is 2.64 bits per heavy atom. The number of nitrogens with one attached hydrogen (secondary N) is 1. The van der Waals surface area contributed by atoms with Gasteiger partial charge in [-0.2, -0.15) is 0 Å². The Hall–Kier alpha value is -0.550. The molecular formula is C9H17N3OS. The topological polar surface area (TPSA) is 51.0 Å². The second-order valence-electron chi connectivity index (χ2n) is 3.44. The molecule has 14 heavy (non-hydrogen) atoms. The monoisotopic (exact) mass is 215 g/mol. The van der Waals surface area contributed by atoms with Crippen LogP contribution in [0, 0.1) is 6.92 Å². The summed E-state index contributed by atoms with van der Waals surface area (Å²) in [7, 11) is 1.97. The minimum atomic E-state index is 0.484. The predicted octanol–water partition coefficient (Wildman–Crippen LogP) is 1.86. The van der Waals surface area contributed by atoms with Crippen molar-refractivity contribution in [2.75, 3.05) is 7.05 Å². The Labute approximate surface area is 88.9 Å². The predicted molar refractivity (Wildman–Crippen MR) is 57.5 cm³/mol. The largest absolute Gasteiger partial charge is 0.416 e. The first-order valence-corrected chi connectivity index (χ1v) is 5.63. The average molecular weight is 215 g/mol. The quantitative estimate of drug-likeness (QED) is 0.760. The van der Waals surface area contributed by atoms with Crippen molar-refractivity contribution in [3.63, 3.8) is 0 Å². The fourth-order valence-electron chi connectivity index (χ4n) is 1.16. The molecule has 2 unspecified atom stereocenters. The fourth-order valence-corrected chi connectivity index (χ4v) is 2.15. The van der Waals surface area contributed by atoms with Crippen molar-refractivity contribution in [2.45, 2.75) is 43.7 Å². The molecule has 0 aliphatic heterocycles. The molecule has 0 spiro atoms. The Balaban J connectivity index is 2.37. The van der Waals surface area contributed by atoms with Crippen molar-refractivity contribution in [3.8, 4) is 0 Å². The van der Waals surface area contributed by atoms with Gasteiger partial charge < -0.3 is 9.73 Å². The lowest BCUT2D eigenvalue weighted by molar-refractivity contribution is 0.427. The van der Waals surface area contributed by atoms with Crippen LogP contribution in [0.1, 0.15) is 26.2 Å². The van der Waals surface area contributed by atoms with Crippen LogP contribution in [0.5, 0.6) is 0 Å². The van der Waals surface area contributed by atoms with Crippen molar-refractivity contribution in [1.29, 1.82) is 0 Å². The van der Waals surface area contributed by atoms with Crippen LogP contribution in [0.3, 0.4) is 0 Å². The molecule has 0 saturated carbocycles. The Bertz CT molecular complexity index is 277. The Kier molecular flexibility index (Phi) is 4.41. The summed E-state index contributed by atoms with van der Waals surface area (Å²) < 4.78 is 5.29. The molecule has 1 rings (SSSR count). The summed E-state index contributed by atoms with van der Waals surface area (Å²) in [5, 5.41) is 12.1. The first kappa shape index (κ1) is 11.5. The number of rotatable bonds is 5. The zero-order valence-corrected chi connectivity index (χ0v) is 9.89. The van der Waals surface area contributed by atoms with E-state index in [0.717, 1.165) is 6.42 Å². The Morgan fingerprint density at radius 2 is 2.14 bits per heavy atom. The molecule has 0 aromatic carbocycles. The molecular weight excluding hydrogens is 198 g/mol. The third kappa shape index (κ3) is 3.67. The summed E-state index contributed by atoms with van der Waals surface area (Å²) in [5.41, 5.74) is 0. The van der Waals surface area contributed by atoms with E-state index >= 15 is 0 Å². The summed E-state index contributed by atoms with van der Waals surface area (Å²) in [6.45, 7) is 6.13. The van der Waals surface area contributed by atoms with Gasteiger partial charge in [-0.25, -0.2) is 0 Å². The summed E-state index contributed by atoms with van der Waals surface area (Å²) in [6.07, 6.45) is 1.09. The van der Waals surface area contributed by atoms with E-state index in [1.807, 2.05) is 7.05 Å². The zero-order valence-electron chi connectivity index (χ0n) is 9.07. The number of aryl methyl sites for hydroxylation is 1. The maximum atomic E-state index is 5.29. The van der Waals surface area contributed by atoms with Crippen molar-refractivity contribution in [1.82, 2.24) is 15.5 Å². The van der Waals surface area contributed by atoms with E-state index in [2.05, 4.69) is 29.4 Å². The van der Waals surface area contributed by atoms with Crippen LogP contribution in [-0.2, 0) is 0 Å². The third-order valence-corrected chi connectivity index (χ3v) is 2.95. The van der Waals surface area contributed by atoms with Gasteiger partial charge in [-0.05, 0) is 20.4 Å². The van der Waals surface area contributed by atoms with E-state index in [1.54, 1.807) is 18.7 Å². The SMILES string of the molecule is CNC(C)CC(C)Sc1nnc(C)o1. The molecule has 0 fully saturated rings. The molecule has 0 saturated heterocycles. The second kappa shape index (κ2) is 5.36. The van der Waals surface area contributed by atoms with Crippen LogP contribution in [-0.4, -0.2) is 28.5 Å². The van der Waals surface area contributed by atoms with Gasteiger partial charge in [0.2, 0.25) is 5.89 Å². The molecule has 0 radical (unpaired) electrons. The van der Waals surface area contributed by atoms with Gasteiger partial charge in [0.15, 0.2) is 0 Å². The number of hydrogen-bond donors (Lipinski definition) is 1. The van der Waals surface area contributed by atoms with Gasteiger partial charge in [-0.3, -0.25) is 0 Å². The van der Waals surface area contributed by atoms with Crippen molar-refractivity contribution >= 4 is 11.8 Å². The lowest BCUT2D eigenvalue weighted by atomic mass is 10.2. The molecule has 1 aromatic rings. The van der Waals surface area contributed by atoms with E-state index in [4.69, 9.17) is 4.42 Å². The fraction of sp³-hybridized carbons (Fsp3) is 0.778. The highest BCUT2D eigenvalue weighted by molar-refractivity contribution is 7.99. The minimum absolute atomic E-state index is 0.484. The molecule has 1 aromatic heterocycles. The molecule has 1 N–H and O–H groups in total. The first-order valence-electron chi connectivity index (χ1n) is 4.76. The normalized spacial score (nSPS) is 15.4. The lowest BCUT2D eigenvalue weighted by Gasteiger charge is -2.14. The summed E-state index contributed by atoms with van der Waals surface area (Å²) in [4.78, 5) is 0. The molecule has 0 aliphatic rings. The summed E-state index contributed by atoms with van der Waals surface area (Å²) in [6, 6.07) is 0.515. The van der Waals surface area contributed by atoms with Gasteiger partial charge >= 0.3 is 0 Å². The number of hydrogen-bond acceptors (Lipinski definition) is 5. The van der Waals surface area contributed by atoms with Gasteiger partial charge in [0.1, 0.15) is 0 Å². The van der Waals surface area contributed by atoms with Crippen LogP contribution in [0.15, 0.2) is 9.64 Å². The van der Waals surface area contributed by atoms with Crippen LogP contribution in [0.25, 0.3) is 0 Å². The highest BCUT2D eigenvalue weighted by atomic mass is 32.2. The highest BCUT2D eigenvalue weighted by Gasteiger charge is 2.12. The van der Waals surface area contributed by atoms with E-state index in [9.17, 15) is 0 Å². The van der Waals surface area contributed by atoms with Crippen molar-refractivity contribution < 1.29 is 4.42 Å².